The van der Waals surface area contributed by atoms with Crippen LogP contribution in [-0.2, 0) is 10.0 Å². The van der Waals surface area contributed by atoms with E-state index in [-0.39, 0.29) is 22.4 Å². The van der Waals surface area contributed by atoms with Gasteiger partial charge in [0.05, 0.1) is 11.4 Å². The second-order valence-corrected chi connectivity index (χ2v) is 7.28. The summed E-state index contributed by atoms with van der Waals surface area (Å²) in [6.07, 6.45) is 0. The molecule has 8 heteroatoms. The van der Waals surface area contributed by atoms with Crippen molar-refractivity contribution in [3.63, 3.8) is 0 Å². The third-order valence-corrected chi connectivity index (χ3v) is 4.35. The van der Waals surface area contributed by atoms with Crippen LogP contribution in [0.2, 0.25) is 0 Å². The molecule has 0 bridgehead atoms. The van der Waals surface area contributed by atoms with Crippen LogP contribution in [-0.4, -0.2) is 32.5 Å². The maximum Gasteiger partial charge on any atom is 0.288 e. The van der Waals surface area contributed by atoms with Crippen molar-refractivity contribution in [3.8, 4) is 0 Å². The van der Waals surface area contributed by atoms with E-state index in [2.05, 4.69) is 10.0 Å². The number of thioether (sulfide) groups is 1. The summed E-state index contributed by atoms with van der Waals surface area (Å²) >= 11 is 0.319. The first-order valence-electron chi connectivity index (χ1n) is 6.08. The molecule has 0 spiro atoms. The van der Waals surface area contributed by atoms with Crippen LogP contribution < -0.4 is 10.0 Å². The quantitative estimate of drug-likeness (QED) is 0.722. The average Bonchev–Trinajstić information content (AvgIpc) is 2.29. The summed E-state index contributed by atoms with van der Waals surface area (Å²) in [5.41, 5.74) is 0.183. The van der Waals surface area contributed by atoms with E-state index in [0.29, 0.717) is 18.3 Å². The Bertz CT molecular complexity index is 522. The molecule has 1 aromatic carbocycles. The molecule has 0 fully saturated rings. The van der Waals surface area contributed by atoms with Gasteiger partial charge in [-0.3, -0.25) is 4.72 Å². The van der Waals surface area contributed by atoms with Crippen molar-refractivity contribution in [1.29, 1.82) is 0 Å². The number of benzene rings is 1. The summed E-state index contributed by atoms with van der Waals surface area (Å²) in [6.45, 7) is 4.13. The normalized spacial score (nSPS) is 12.1. The Kier molecular flexibility index (Phi) is 6.70. The van der Waals surface area contributed by atoms with Crippen molar-refractivity contribution in [2.45, 2.75) is 30.5 Å². The van der Waals surface area contributed by atoms with E-state index in [0.717, 1.165) is 0 Å². The smallest absolute Gasteiger partial charge is 0.288 e. The van der Waals surface area contributed by atoms with E-state index >= 15 is 0 Å². The maximum atomic E-state index is 12.4. The molecular weight excluding hydrogens is 306 g/mol. The molecule has 0 radical (unpaired) electrons. The number of anilines is 1. The van der Waals surface area contributed by atoms with Gasteiger partial charge >= 0.3 is 0 Å². The molecule has 0 heterocycles. The summed E-state index contributed by atoms with van der Waals surface area (Å²) in [6, 6.07) is 6.30. The average molecular weight is 324 g/mol. The largest absolute Gasteiger partial charge is 0.313 e. The number of para-hydroxylation sites is 1. The van der Waals surface area contributed by atoms with Gasteiger partial charge in [0.25, 0.3) is 5.76 Å². The van der Waals surface area contributed by atoms with Gasteiger partial charge in [-0.05, 0) is 12.1 Å². The van der Waals surface area contributed by atoms with Crippen LogP contribution in [0.15, 0.2) is 29.2 Å². The maximum absolute atomic E-state index is 12.4. The molecule has 0 aliphatic carbocycles. The second kappa shape index (κ2) is 7.80. The summed E-state index contributed by atoms with van der Waals surface area (Å²) in [7, 11) is -3.56. The van der Waals surface area contributed by atoms with Gasteiger partial charge in [0.2, 0.25) is 10.0 Å². The Morgan fingerprint density at radius 3 is 2.50 bits per heavy atom. The molecule has 0 aromatic heterocycles. The van der Waals surface area contributed by atoms with Gasteiger partial charge in [0.1, 0.15) is 0 Å². The van der Waals surface area contributed by atoms with Gasteiger partial charge in [0.15, 0.2) is 0 Å². The van der Waals surface area contributed by atoms with Crippen LogP contribution in [0.3, 0.4) is 0 Å². The number of hydrogen-bond donors (Lipinski definition) is 2. The molecule has 1 rings (SSSR count). The van der Waals surface area contributed by atoms with Crippen molar-refractivity contribution in [1.82, 2.24) is 5.32 Å². The van der Waals surface area contributed by atoms with Crippen molar-refractivity contribution < 1.29 is 17.2 Å². The molecule has 0 saturated carbocycles. The summed E-state index contributed by atoms with van der Waals surface area (Å²) in [5, 5.41) is 2.99. The number of nitrogens with one attached hydrogen (secondary N) is 2. The monoisotopic (exact) mass is 324 g/mol. The highest BCUT2D eigenvalue weighted by molar-refractivity contribution is 7.99. The predicted octanol–water partition coefficient (Wildman–Crippen LogP) is 2.74. The number of hydrogen-bond acceptors (Lipinski definition) is 4. The molecule has 0 saturated heterocycles. The highest BCUT2D eigenvalue weighted by Gasteiger charge is 2.15. The Morgan fingerprint density at radius 2 is 1.90 bits per heavy atom. The third-order valence-electron chi connectivity index (χ3n) is 2.29. The summed E-state index contributed by atoms with van der Waals surface area (Å²) < 4.78 is 50.9. The zero-order valence-corrected chi connectivity index (χ0v) is 12.9. The fraction of sp³-hybridized carbons (Fsp3) is 0.500. The van der Waals surface area contributed by atoms with Crippen LogP contribution in [0.25, 0.3) is 0 Å². The Hall–Kier alpha value is -0.860. The molecule has 114 valence electrons. The molecule has 4 nitrogen and oxygen atoms in total. The first-order chi connectivity index (χ1) is 9.30. The minimum Gasteiger partial charge on any atom is -0.313 e. The predicted molar refractivity (Wildman–Crippen MR) is 78.9 cm³/mol. The fourth-order valence-electron chi connectivity index (χ4n) is 1.45. The van der Waals surface area contributed by atoms with Crippen molar-refractivity contribution in [2.75, 3.05) is 17.0 Å². The molecule has 0 amide bonds. The van der Waals surface area contributed by atoms with Gasteiger partial charge in [-0.15, -0.1) is 0 Å². The van der Waals surface area contributed by atoms with Crippen molar-refractivity contribution in [2.24, 2.45) is 0 Å². The highest BCUT2D eigenvalue weighted by atomic mass is 32.2. The molecule has 0 unspecified atom stereocenters. The molecular formula is C12H18F2N2O2S2. The fourth-order valence-corrected chi connectivity index (χ4v) is 3.11. The number of rotatable bonds is 8. The molecule has 2 N–H and O–H groups in total. The van der Waals surface area contributed by atoms with E-state index < -0.39 is 15.8 Å². The summed E-state index contributed by atoms with van der Waals surface area (Å²) in [4.78, 5) is 0.211. The molecule has 20 heavy (non-hydrogen) atoms. The van der Waals surface area contributed by atoms with Gasteiger partial charge in [-0.1, -0.05) is 37.7 Å². The Labute approximate surface area is 122 Å². The first kappa shape index (κ1) is 17.2. The van der Waals surface area contributed by atoms with Gasteiger partial charge in [-0.2, -0.15) is 8.78 Å². The van der Waals surface area contributed by atoms with E-state index in [1.54, 1.807) is 12.1 Å². The minimum atomic E-state index is -3.56. The summed E-state index contributed by atoms with van der Waals surface area (Å²) in [5.74, 6) is -2.71. The van der Waals surface area contributed by atoms with E-state index in [1.807, 2.05) is 13.8 Å². The lowest BCUT2D eigenvalue weighted by Crippen LogP contribution is -2.31. The zero-order chi connectivity index (χ0) is 15.2. The van der Waals surface area contributed by atoms with Crippen LogP contribution >= 0.6 is 11.8 Å². The number of alkyl halides is 2. The SMILES string of the molecule is CC(C)NCCS(=O)(=O)Nc1ccccc1SC(F)F. The van der Waals surface area contributed by atoms with Gasteiger partial charge < -0.3 is 5.32 Å². The molecule has 0 atom stereocenters. The third kappa shape index (κ3) is 6.53. The molecule has 1 aromatic rings. The van der Waals surface area contributed by atoms with Crippen molar-refractivity contribution in [3.05, 3.63) is 24.3 Å². The second-order valence-electron chi connectivity index (χ2n) is 4.40. The van der Waals surface area contributed by atoms with E-state index in [9.17, 15) is 17.2 Å². The highest BCUT2D eigenvalue weighted by Crippen LogP contribution is 2.32. The first-order valence-corrected chi connectivity index (χ1v) is 8.61. The lowest BCUT2D eigenvalue weighted by atomic mass is 10.3. The van der Waals surface area contributed by atoms with Crippen LogP contribution in [0, 0.1) is 0 Å². The van der Waals surface area contributed by atoms with Crippen LogP contribution in [0.4, 0.5) is 14.5 Å². The lowest BCUT2D eigenvalue weighted by Gasteiger charge is -2.13. The van der Waals surface area contributed by atoms with Crippen LogP contribution in [0.5, 0.6) is 0 Å². The van der Waals surface area contributed by atoms with Crippen molar-refractivity contribution >= 4 is 27.5 Å². The van der Waals surface area contributed by atoms with Gasteiger partial charge in [0, 0.05) is 17.5 Å². The standard InChI is InChI=1S/C12H18F2N2O2S2/c1-9(2)15-7-8-20(17,18)16-10-5-3-4-6-11(10)19-12(13)14/h3-6,9,12,15-16H,7-8H2,1-2H3. The minimum absolute atomic E-state index is 0.112. The lowest BCUT2D eigenvalue weighted by molar-refractivity contribution is 0.252. The van der Waals surface area contributed by atoms with E-state index in [1.165, 1.54) is 12.1 Å². The zero-order valence-electron chi connectivity index (χ0n) is 11.3. The number of halogens is 2. The Balaban J connectivity index is 2.71. The molecule has 0 aliphatic heterocycles. The Morgan fingerprint density at radius 1 is 1.25 bits per heavy atom. The van der Waals surface area contributed by atoms with Crippen LogP contribution in [0.1, 0.15) is 13.8 Å². The molecule has 0 aliphatic rings. The van der Waals surface area contributed by atoms with E-state index in [4.69, 9.17) is 0 Å². The number of sulfonamides is 1. The topological polar surface area (TPSA) is 58.2 Å². The van der Waals surface area contributed by atoms with Gasteiger partial charge in [-0.25, -0.2) is 8.42 Å².